The van der Waals surface area contributed by atoms with Gasteiger partial charge in [-0.25, -0.2) is 0 Å². The fourth-order valence-electron chi connectivity index (χ4n) is 2.51. The molecule has 0 saturated carbocycles. The summed E-state index contributed by atoms with van der Waals surface area (Å²) < 4.78 is 0. The molecule has 0 unspecified atom stereocenters. The number of hydrogen-bond donors (Lipinski definition) is 1. The van der Waals surface area contributed by atoms with Gasteiger partial charge in [-0.05, 0) is 42.2 Å². The second kappa shape index (κ2) is 7.83. The first-order valence-electron chi connectivity index (χ1n) is 8.36. The van der Waals surface area contributed by atoms with Crippen LogP contribution in [0.25, 0.3) is 0 Å². The smallest absolute Gasteiger partial charge is 0.0384 e. The lowest BCUT2D eigenvalue weighted by molar-refractivity contribution is 0.671. The number of rotatable bonds is 6. The van der Waals surface area contributed by atoms with Crippen molar-refractivity contribution in [3.8, 4) is 0 Å². The molecule has 2 rings (SSSR count). The van der Waals surface area contributed by atoms with Gasteiger partial charge in [0.15, 0.2) is 0 Å². The molecule has 0 aromatic heterocycles. The van der Waals surface area contributed by atoms with Crippen molar-refractivity contribution in [2.24, 2.45) is 0 Å². The van der Waals surface area contributed by atoms with E-state index >= 15 is 0 Å². The molecule has 1 aromatic carbocycles. The first-order valence-corrected chi connectivity index (χ1v) is 8.36. The fourth-order valence-corrected chi connectivity index (χ4v) is 2.51. The number of benzene rings is 1. The summed E-state index contributed by atoms with van der Waals surface area (Å²) >= 11 is 0. The van der Waals surface area contributed by atoms with Gasteiger partial charge in [0, 0.05) is 16.8 Å². The Kier molecular flexibility index (Phi) is 5.81. The molecule has 1 nitrogen and oxygen atoms in total. The van der Waals surface area contributed by atoms with Crippen molar-refractivity contribution < 1.29 is 0 Å². The molecule has 0 atom stereocenters. The predicted molar refractivity (Wildman–Crippen MR) is 106 cm³/mol. The van der Waals surface area contributed by atoms with Gasteiger partial charge in [-0.3, -0.25) is 0 Å². The van der Waals surface area contributed by atoms with E-state index in [-0.39, 0.29) is 5.41 Å². The van der Waals surface area contributed by atoms with Gasteiger partial charge in [0.2, 0.25) is 0 Å². The third-order valence-electron chi connectivity index (χ3n) is 4.33. The zero-order chi connectivity index (χ0) is 17.6. The first-order chi connectivity index (χ1) is 11.5. The van der Waals surface area contributed by atoms with Gasteiger partial charge in [0.25, 0.3) is 0 Å². The molecule has 1 heterocycles. The molecule has 0 saturated heterocycles. The van der Waals surface area contributed by atoms with Crippen LogP contribution in [0.4, 0.5) is 0 Å². The Morgan fingerprint density at radius 2 is 1.79 bits per heavy atom. The van der Waals surface area contributed by atoms with Gasteiger partial charge in [-0.15, -0.1) is 6.58 Å². The quantitative estimate of drug-likeness (QED) is 0.520. The van der Waals surface area contributed by atoms with Gasteiger partial charge >= 0.3 is 0 Å². The van der Waals surface area contributed by atoms with Crippen LogP contribution in [-0.2, 0) is 11.8 Å². The minimum Gasteiger partial charge on any atom is -0.356 e. The van der Waals surface area contributed by atoms with Crippen LogP contribution in [0.2, 0.25) is 0 Å². The highest BCUT2D eigenvalue weighted by Gasteiger charge is 2.16. The average molecular weight is 317 g/mol. The van der Waals surface area contributed by atoms with Crippen LogP contribution in [-0.4, -0.2) is 0 Å². The Morgan fingerprint density at radius 3 is 2.38 bits per heavy atom. The van der Waals surface area contributed by atoms with Gasteiger partial charge in [0.1, 0.15) is 0 Å². The van der Waals surface area contributed by atoms with Crippen LogP contribution >= 0.6 is 0 Å². The molecule has 0 spiro atoms. The molecule has 1 aromatic rings. The molecule has 1 N–H and O–H groups in total. The van der Waals surface area contributed by atoms with Crippen molar-refractivity contribution in [3.63, 3.8) is 0 Å². The Hall–Kier alpha value is -2.54. The van der Waals surface area contributed by atoms with Crippen molar-refractivity contribution >= 4 is 0 Å². The lowest BCUT2D eigenvalue weighted by Crippen LogP contribution is -2.16. The van der Waals surface area contributed by atoms with E-state index in [0.29, 0.717) is 0 Å². The maximum Gasteiger partial charge on any atom is 0.0384 e. The predicted octanol–water partition coefficient (Wildman–Crippen LogP) is 5.75. The topological polar surface area (TPSA) is 12.0 Å². The van der Waals surface area contributed by atoms with E-state index in [9.17, 15) is 0 Å². The maximum absolute atomic E-state index is 4.15. The van der Waals surface area contributed by atoms with Crippen LogP contribution in [0, 0.1) is 0 Å². The van der Waals surface area contributed by atoms with Crippen molar-refractivity contribution in [2.75, 3.05) is 0 Å². The van der Waals surface area contributed by atoms with Crippen molar-refractivity contribution in [2.45, 2.75) is 32.6 Å². The summed E-state index contributed by atoms with van der Waals surface area (Å²) in [6.07, 6.45) is 15.2. The van der Waals surface area contributed by atoms with Crippen LogP contribution in [0.3, 0.4) is 0 Å². The fraction of sp³-hybridized carbons (Fsp3) is 0.217. The summed E-state index contributed by atoms with van der Waals surface area (Å²) in [5, 5.41) is 3.35. The van der Waals surface area contributed by atoms with Gasteiger partial charge in [0.05, 0.1) is 0 Å². The molecule has 0 amide bonds. The zero-order valence-electron chi connectivity index (χ0n) is 15.0. The number of allylic oxidation sites excluding steroid dienone is 8. The third-order valence-corrected chi connectivity index (χ3v) is 4.33. The summed E-state index contributed by atoms with van der Waals surface area (Å²) in [6.45, 7) is 14.4. The molecule has 1 heteroatoms. The highest BCUT2D eigenvalue weighted by atomic mass is 14.9. The monoisotopic (exact) mass is 317 g/mol. The minimum atomic E-state index is 0.00466. The summed E-state index contributed by atoms with van der Waals surface area (Å²) in [7, 11) is 0. The van der Waals surface area contributed by atoms with E-state index < -0.39 is 0 Å². The molecule has 1 aliphatic heterocycles. The number of nitrogens with one attached hydrogen (secondary N) is 1. The highest BCUT2D eigenvalue weighted by molar-refractivity contribution is 5.45. The van der Waals surface area contributed by atoms with Crippen LogP contribution in [0.1, 0.15) is 31.9 Å². The van der Waals surface area contributed by atoms with E-state index in [1.165, 1.54) is 16.7 Å². The summed E-state index contributed by atoms with van der Waals surface area (Å²) in [6, 6.07) is 8.77. The van der Waals surface area contributed by atoms with E-state index in [4.69, 9.17) is 0 Å². The Balaban J connectivity index is 2.11. The SMILES string of the molecule is C=CC(C)(C)c1ccc(CC2=CC=C(/C=C\C=C/C)NC2=C)cc1. The largest absolute Gasteiger partial charge is 0.356 e. The first kappa shape index (κ1) is 17.8. The second-order valence-electron chi connectivity index (χ2n) is 6.60. The van der Waals surface area contributed by atoms with Crippen LogP contribution in [0.5, 0.6) is 0 Å². The van der Waals surface area contributed by atoms with E-state index in [0.717, 1.165) is 17.8 Å². The van der Waals surface area contributed by atoms with E-state index in [1.54, 1.807) is 0 Å². The Morgan fingerprint density at radius 1 is 1.08 bits per heavy atom. The van der Waals surface area contributed by atoms with Gasteiger partial charge in [-0.2, -0.15) is 0 Å². The molecule has 124 valence electrons. The van der Waals surface area contributed by atoms with Gasteiger partial charge in [-0.1, -0.05) is 75.1 Å². The highest BCUT2D eigenvalue weighted by Crippen LogP contribution is 2.25. The molecule has 0 radical (unpaired) electrons. The standard InChI is InChI=1S/C23H27N/c1-6-8-9-10-22-16-13-20(18(3)24-22)17-19-11-14-21(15-12-19)23(4,5)7-2/h6-16,24H,2-3,17H2,1,4-5H3/b8-6-,10-9-. The maximum atomic E-state index is 4.15. The third kappa shape index (κ3) is 4.48. The molecule has 0 bridgehead atoms. The van der Waals surface area contributed by atoms with Crippen LogP contribution in [0.15, 0.2) is 96.9 Å². The normalized spacial score (nSPS) is 15.4. The molecular weight excluding hydrogens is 290 g/mol. The number of hydrogen-bond acceptors (Lipinski definition) is 1. The zero-order valence-corrected chi connectivity index (χ0v) is 15.0. The summed E-state index contributed by atoms with van der Waals surface area (Å²) in [5.74, 6) is 0. The van der Waals surface area contributed by atoms with E-state index in [1.807, 2.05) is 37.3 Å². The second-order valence-corrected chi connectivity index (χ2v) is 6.60. The van der Waals surface area contributed by atoms with Crippen molar-refractivity contribution in [1.29, 1.82) is 0 Å². The molecule has 24 heavy (non-hydrogen) atoms. The van der Waals surface area contributed by atoms with Crippen molar-refractivity contribution in [3.05, 3.63) is 108 Å². The van der Waals surface area contributed by atoms with E-state index in [2.05, 4.69) is 68.7 Å². The summed E-state index contributed by atoms with van der Waals surface area (Å²) in [5.41, 5.74) is 5.82. The summed E-state index contributed by atoms with van der Waals surface area (Å²) in [4.78, 5) is 0. The number of dihydropyridines is 1. The lowest BCUT2D eigenvalue weighted by Gasteiger charge is -2.21. The molecule has 1 aliphatic rings. The van der Waals surface area contributed by atoms with Crippen LogP contribution < -0.4 is 5.32 Å². The molecule has 0 aliphatic carbocycles. The Bertz CT molecular complexity index is 722. The van der Waals surface area contributed by atoms with Gasteiger partial charge < -0.3 is 5.32 Å². The average Bonchev–Trinajstić information content (AvgIpc) is 2.58. The molecular formula is C23H27N. The molecule has 0 fully saturated rings. The lowest BCUT2D eigenvalue weighted by atomic mass is 9.84. The Labute approximate surface area is 146 Å². The van der Waals surface area contributed by atoms with Crippen molar-refractivity contribution in [1.82, 2.24) is 5.32 Å². The minimum absolute atomic E-state index is 0.00466.